The number of rotatable bonds is 5. The van der Waals surface area contributed by atoms with Crippen LogP contribution in [-0.4, -0.2) is 23.3 Å². The van der Waals surface area contributed by atoms with E-state index in [4.69, 9.17) is 4.74 Å². The molecular formula is C25H21NO3. The van der Waals surface area contributed by atoms with Crippen LogP contribution in [0.3, 0.4) is 0 Å². The Hall–Kier alpha value is -3.66. The van der Waals surface area contributed by atoms with Crippen LogP contribution in [0.25, 0.3) is 22.2 Å². The molecule has 0 aliphatic rings. The number of carbonyl (C=O) groups is 2. The molecule has 0 bridgehead atoms. The Balaban J connectivity index is 1.64. The normalized spacial score (nSPS) is 10.8. The summed E-state index contributed by atoms with van der Waals surface area (Å²) in [5.41, 5.74) is 5.47. The molecular weight excluding hydrogens is 362 g/mol. The number of H-pyrrole nitrogens is 1. The van der Waals surface area contributed by atoms with E-state index in [1.54, 1.807) is 12.1 Å². The smallest absolute Gasteiger partial charge is 0.338 e. The maximum Gasteiger partial charge on any atom is 0.338 e. The Morgan fingerprint density at radius 3 is 2.24 bits per heavy atom. The number of ketones is 1. The van der Waals surface area contributed by atoms with Crippen molar-refractivity contribution in [2.45, 2.75) is 13.8 Å². The van der Waals surface area contributed by atoms with Gasteiger partial charge in [0, 0.05) is 10.9 Å². The van der Waals surface area contributed by atoms with E-state index in [0.717, 1.165) is 33.3 Å². The van der Waals surface area contributed by atoms with Gasteiger partial charge < -0.3 is 9.72 Å². The number of Topliss-reactive ketones (excluding diaryl/α,β-unsaturated/α-hetero) is 1. The van der Waals surface area contributed by atoms with Crippen molar-refractivity contribution < 1.29 is 14.3 Å². The molecule has 0 radical (unpaired) electrons. The number of aromatic nitrogens is 1. The first-order chi connectivity index (χ1) is 14.0. The van der Waals surface area contributed by atoms with Crippen LogP contribution in [0.15, 0.2) is 72.8 Å². The first-order valence-corrected chi connectivity index (χ1v) is 9.47. The van der Waals surface area contributed by atoms with Gasteiger partial charge in [-0.15, -0.1) is 0 Å². The highest BCUT2D eigenvalue weighted by Crippen LogP contribution is 2.30. The fourth-order valence-electron chi connectivity index (χ4n) is 3.63. The predicted octanol–water partition coefficient (Wildman–Crippen LogP) is 5.49. The molecule has 4 rings (SSSR count). The monoisotopic (exact) mass is 383 g/mol. The molecule has 3 aromatic carbocycles. The van der Waals surface area contributed by atoms with E-state index >= 15 is 0 Å². The third-order valence-electron chi connectivity index (χ3n) is 4.84. The summed E-state index contributed by atoms with van der Waals surface area (Å²) < 4.78 is 5.36. The second-order valence-corrected chi connectivity index (χ2v) is 7.16. The molecule has 4 nitrogen and oxygen atoms in total. The molecule has 1 N–H and O–H groups in total. The number of hydrogen-bond donors (Lipinski definition) is 1. The topological polar surface area (TPSA) is 59.2 Å². The molecule has 1 heterocycles. The molecule has 0 unspecified atom stereocenters. The largest absolute Gasteiger partial charge is 0.454 e. The molecule has 0 amide bonds. The molecule has 0 saturated heterocycles. The van der Waals surface area contributed by atoms with Gasteiger partial charge in [0.25, 0.3) is 0 Å². The Morgan fingerprint density at radius 2 is 1.52 bits per heavy atom. The van der Waals surface area contributed by atoms with E-state index in [1.165, 1.54) is 0 Å². The van der Waals surface area contributed by atoms with Gasteiger partial charge >= 0.3 is 5.97 Å². The van der Waals surface area contributed by atoms with Gasteiger partial charge in [-0.25, -0.2) is 4.79 Å². The minimum atomic E-state index is -0.494. The van der Waals surface area contributed by atoms with Gasteiger partial charge in [-0.3, -0.25) is 4.79 Å². The van der Waals surface area contributed by atoms with Gasteiger partial charge in [0.2, 0.25) is 5.78 Å². The number of aryl methyl sites for hydroxylation is 2. The zero-order chi connectivity index (χ0) is 20.4. The number of hydrogen-bond acceptors (Lipinski definition) is 3. The van der Waals surface area contributed by atoms with Crippen LogP contribution in [0.5, 0.6) is 0 Å². The Morgan fingerprint density at radius 1 is 0.862 bits per heavy atom. The maximum absolute atomic E-state index is 13.1. The van der Waals surface area contributed by atoms with Gasteiger partial charge in [0.1, 0.15) is 0 Å². The van der Waals surface area contributed by atoms with Crippen molar-refractivity contribution in [3.05, 3.63) is 95.1 Å². The van der Waals surface area contributed by atoms with Crippen LogP contribution < -0.4 is 0 Å². The minimum absolute atomic E-state index is 0.237. The third kappa shape index (κ3) is 3.83. The van der Waals surface area contributed by atoms with Crippen LogP contribution in [-0.2, 0) is 4.74 Å². The average Bonchev–Trinajstić information content (AvgIpc) is 3.11. The van der Waals surface area contributed by atoms with E-state index in [1.807, 2.05) is 74.5 Å². The van der Waals surface area contributed by atoms with Crippen molar-refractivity contribution in [3.8, 4) is 11.3 Å². The van der Waals surface area contributed by atoms with Crippen LogP contribution >= 0.6 is 0 Å². The number of ether oxygens (including phenoxy) is 1. The number of esters is 1. The summed E-state index contributed by atoms with van der Waals surface area (Å²) in [6.07, 6.45) is 0. The van der Waals surface area contributed by atoms with Crippen LogP contribution in [0.4, 0.5) is 0 Å². The third-order valence-corrected chi connectivity index (χ3v) is 4.84. The summed E-state index contributed by atoms with van der Waals surface area (Å²) in [6.45, 7) is 3.54. The first-order valence-electron chi connectivity index (χ1n) is 9.47. The van der Waals surface area contributed by atoms with Gasteiger partial charge in [-0.2, -0.15) is 0 Å². The fraction of sp³-hybridized carbons (Fsp3) is 0.120. The number of benzene rings is 3. The van der Waals surface area contributed by atoms with E-state index in [9.17, 15) is 9.59 Å². The highest BCUT2D eigenvalue weighted by atomic mass is 16.5. The van der Waals surface area contributed by atoms with Gasteiger partial charge in [-0.1, -0.05) is 65.7 Å². The summed E-state index contributed by atoms with van der Waals surface area (Å²) in [6, 6.07) is 22.8. The second-order valence-electron chi connectivity index (χ2n) is 7.16. The summed E-state index contributed by atoms with van der Waals surface area (Å²) in [5, 5.41) is 0.818. The molecule has 0 aliphatic heterocycles. The molecule has 4 aromatic rings. The van der Waals surface area contributed by atoms with Crippen LogP contribution in [0.2, 0.25) is 0 Å². The number of nitrogens with one attached hydrogen (secondary N) is 1. The quantitative estimate of drug-likeness (QED) is 0.366. The van der Waals surface area contributed by atoms with Gasteiger partial charge in [0.05, 0.1) is 16.8 Å². The summed E-state index contributed by atoms with van der Waals surface area (Å²) >= 11 is 0. The number of aromatic amines is 1. The van der Waals surface area contributed by atoms with E-state index < -0.39 is 5.97 Å². The number of carbonyl (C=O) groups excluding carboxylic acids is 2. The van der Waals surface area contributed by atoms with Crippen molar-refractivity contribution >= 4 is 22.7 Å². The Bertz CT molecular complexity index is 1190. The second kappa shape index (κ2) is 7.76. The Kier molecular flexibility index (Phi) is 5.00. The average molecular weight is 383 g/mol. The van der Waals surface area contributed by atoms with Crippen molar-refractivity contribution in [3.63, 3.8) is 0 Å². The van der Waals surface area contributed by atoms with E-state index in [0.29, 0.717) is 11.1 Å². The molecule has 0 saturated carbocycles. The Labute approximate surface area is 169 Å². The first kappa shape index (κ1) is 18.7. The summed E-state index contributed by atoms with van der Waals surface area (Å²) in [5.74, 6) is -0.731. The van der Waals surface area contributed by atoms with Crippen LogP contribution in [0.1, 0.15) is 31.8 Å². The lowest BCUT2D eigenvalue weighted by Crippen LogP contribution is -2.15. The molecule has 1 aromatic heterocycles. The zero-order valence-electron chi connectivity index (χ0n) is 16.4. The van der Waals surface area contributed by atoms with Crippen molar-refractivity contribution in [1.82, 2.24) is 4.98 Å². The lowest BCUT2D eigenvalue weighted by atomic mass is 10.0. The molecule has 0 spiro atoms. The maximum atomic E-state index is 13.1. The number of fused-ring (bicyclic) bond motifs is 1. The van der Waals surface area contributed by atoms with Crippen molar-refractivity contribution in [1.29, 1.82) is 0 Å². The zero-order valence-corrected chi connectivity index (χ0v) is 16.4. The lowest BCUT2D eigenvalue weighted by Gasteiger charge is -2.08. The number of para-hydroxylation sites is 1. The molecule has 0 fully saturated rings. The highest BCUT2D eigenvalue weighted by Gasteiger charge is 2.21. The standard InChI is InChI=1S/C25H21NO3/c1-16-12-17(2)14-19(13-16)25(28)29-15-22(27)23-20-10-6-7-11-21(20)26-24(23)18-8-4-3-5-9-18/h3-14,26H,15H2,1-2H3. The van der Waals surface area contributed by atoms with E-state index in [-0.39, 0.29) is 12.4 Å². The molecule has 0 atom stereocenters. The summed E-state index contributed by atoms with van der Waals surface area (Å²) in [4.78, 5) is 28.9. The minimum Gasteiger partial charge on any atom is -0.454 e. The fourth-order valence-corrected chi connectivity index (χ4v) is 3.63. The SMILES string of the molecule is Cc1cc(C)cc(C(=O)OCC(=O)c2c(-c3ccccc3)[nH]c3ccccc23)c1. The lowest BCUT2D eigenvalue weighted by molar-refractivity contribution is 0.0475. The van der Waals surface area contributed by atoms with Crippen molar-refractivity contribution in [2.75, 3.05) is 6.61 Å². The molecule has 0 aliphatic carbocycles. The van der Waals surface area contributed by atoms with E-state index in [2.05, 4.69) is 4.98 Å². The highest BCUT2D eigenvalue weighted by molar-refractivity contribution is 6.14. The van der Waals surface area contributed by atoms with Crippen molar-refractivity contribution in [2.24, 2.45) is 0 Å². The molecule has 29 heavy (non-hydrogen) atoms. The molecule has 144 valence electrons. The van der Waals surface area contributed by atoms with Crippen LogP contribution in [0, 0.1) is 13.8 Å². The van der Waals surface area contributed by atoms with Gasteiger partial charge in [0.15, 0.2) is 6.61 Å². The van der Waals surface area contributed by atoms with Gasteiger partial charge in [-0.05, 0) is 37.6 Å². The summed E-state index contributed by atoms with van der Waals surface area (Å²) in [7, 11) is 0. The molecule has 4 heteroatoms. The predicted molar refractivity (Wildman–Crippen MR) is 114 cm³/mol.